The number of halogens is 1. The lowest BCUT2D eigenvalue weighted by Gasteiger charge is -2.09. The molecule has 1 aromatic carbocycles. The zero-order valence-electron chi connectivity index (χ0n) is 16.0. The highest BCUT2D eigenvalue weighted by Gasteiger charge is 2.21. The number of carbonyl (C=O) groups is 2. The van der Waals surface area contributed by atoms with Crippen molar-refractivity contribution in [2.24, 2.45) is 0 Å². The van der Waals surface area contributed by atoms with Crippen molar-refractivity contribution in [3.63, 3.8) is 0 Å². The Morgan fingerprint density at radius 3 is 2.63 bits per heavy atom. The second kappa shape index (κ2) is 9.76. The third-order valence-corrected chi connectivity index (χ3v) is 5.61. The van der Waals surface area contributed by atoms with Gasteiger partial charge in [-0.25, -0.2) is 4.79 Å². The van der Waals surface area contributed by atoms with Crippen LogP contribution in [0.25, 0.3) is 0 Å². The molecule has 2 rings (SSSR count). The van der Waals surface area contributed by atoms with Crippen LogP contribution in [0.2, 0.25) is 5.02 Å². The van der Waals surface area contributed by atoms with E-state index in [0.717, 1.165) is 21.8 Å². The minimum atomic E-state index is -0.406. The average Bonchev–Trinajstić information content (AvgIpc) is 2.89. The van der Waals surface area contributed by atoms with E-state index in [9.17, 15) is 9.59 Å². The molecule has 0 spiro atoms. The van der Waals surface area contributed by atoms with Crippen LogP contribution in [-0.4, -0.2) is 25.1 Å². The highest BCUT2D eigenvalue weighted by Crippen LogP contribution is 2.33. The third-order valence-electron chi connectivity index (χ3n) is 4.06. The number of anilines is 1. The Bertz CT molecular complexity index is 832. The summed E-state index contributed by atoms with van der Waals surface area (Å²) in [5.41, 5.74) is 2.23. The summed E-state index contributed by atoms with van der Waals surface area (Å²) in [6, 6.07) is 5.46. The van der Waals surface area contributed by atoms with E-state index in [2.05, 4.69) is 5.32 Å². The lowest BCUT2D eigenvalue weighted by Crippen LogP contribution is -2.15. The summed E-state index contributed by atoms with van der Waals surface area (Å²) in [5, 5.41) is 4.07. The minimum Gasteiger partial charge on any atom is -0.494 e. The fourth-order valence-corrected chi connectivity index (χ4v) is 3.67. The van der Waals surface area contributed by atoms with Crippen LogP contribution in [-0.2, 0) is 9.53 Å². The molecule has 0 fully saturated rings. The Labute approximate surface area is 168 Å². The number of amides is 1. The quantitative estimate of drug-likeness (QED) is 0.474. The molecule has 1 aromatic heterocycles. The van der Waals surface area contributed by atoms with Gasteiger partial charge in [0, 0.05) is 16.3 Å². The Morgan fingerprint density at radius 1 is 1.22 bits per heavy atom. The predicted molar refractivity (Wildman–Crippen MR) is 109 cm³/mol. The SMILES string of the molecule is CCOC(=O)c1c(NC(=O)CCCOc2ccc(Cl)c(C)c2)sc(C)c1C. The van der Waals surface area contributed by atoms with Gasteiger partial charge in [0.2, 0.25) is 5.91 Å². The predicted octanol–water partition coefficient (Wildman–Crippen LogP) is 5.30. The fraction of sp³-hybridized carbons (Fsp3) is 0.400. The number of hydrogen-bond acceptors (Lipinski definition) is 5. The van der Waals surface area contributed by atoms with Gasteiger partial charge in [0.05, 0.1) is 18.8 Å². The van der Waals surface area contributed by atoms with Crippen LogP contribution in [0.4, 0.5) is 5.00 Å². The molecule has 2 aromatic rings. The smallest absolute Gasteiger partial charge is 0.341 e. The first-order valence-electron chi connectivity index (χ1n) is 8.79. The van der Waals surface area contributed by atoms with E-state index in [4.69, 9.17) is 21.1 Å². The van der Waals surface area contributed by atoms with Crippen LogP contribution in [0.5, 0.6) is 5.75 Å². The second-order valence-corrected chi connectivity index (χ2v) is 7.75. The number of hydrogen-bond donors (Lipinski definition) is 1. The number of ether oxygens (including phenoxy) is 2. The van der Waals surface area contributed by atoms with E-state index in [0.29, 0.717) is 41.6 Å². The van der Waals surface area contributed by atoms with Gasteiger partial charge in [-0.05, 0) is 63.4 Å². The topological polar surface area (TPSA) is 64.6 Å². The summed E-state index contributed by atoms with van der Waals surface area (Å²) >= 11 is 7.37. The van der Waals surface area contributed by atoms with Crippen molar-refractivity contribution < 1.29 is 19.1 Å². The molecular formula is C20H24ClNO4S. The van der Waals surface area contributed by atoms with E-state index >= 15 is 0 Å². The molecule has 5 nitrogen and oxygen atoms in total. The Kier molecular flexibility index (Phi) is 7.68. The van der Waals surface area contributed by atoms with Gasteiger partial charge in [-0.15, -0.1) is 11.3 Å². The number of benzene rings is 1. The average molecular weight is 410 g/mol. The Morgan fingerprint density at radius 2 is 1.96 bits per heavy atom. The minimum absolute atomic E-state index is 0.155. The summed E-state index contributed by atoms with van der Waals surface area (Å²) in [6.45, 7) is 8.15. The number of carbonyl (C=O) groups excluding carboxylic acids is 2. The van der Waals surface area contributed by atoms with Crippen molar-refractivity contribution in [1.29, 1.82) is 0 Å². The number of thiophene rings is 1. The first-order valence-corrected chi connectivity index (χ1v) is 9.98. The molecule has 0 radical (unpaired) electrons. The normalized spacial score (nSPS) is 10.6. The molecule has 0 saturated heterocycles. The zero-order valence-corrected chi connectivity index (χ0v) is 17.6. The summed E-state index contributed by atoms with van der Waals surface area (Å²) in [7, 11) is 0. The molecule has 0 saturated carbocycles. The lowest BCUT2D eigenvalue weighted by atomic mass is 10.1. The molecule has 27 heavy (non-hydrogen) atoms. The van der Waals surface area contributed by atoms with Gasteiger partial charge in [-0.3, -0.25) is 4.79 Å². The van der Waals surface area contributed by atoms with E-state index in [1.54, 1.807) is 19.1 Å². The molecule has 0 aliphatic heterocycles. The summed E-state index contributed by atoms with van der Waals surface area (Å²) < 4.78 is 10.7. The number of rotatable bonds is 8. The van der Waals surface area contributed by atoms with Crippen LogP contribution in [0.1, 0.15) is 46.1 Å². The molecule has 1 heterocycles. The van der Waals surface area contributed by atoms with Crippen LogP contribution in [0.15, 0.2) is 18.2 Å². The maximum absolute atomic E-state index is 12.2. The summed E-state index contributed by atoms with van der Waals surface area (Å²) in [4.78, 5) is 25.4. The first kappa shape index (κ1) is 21.3. The highest BCUT2D eigenvalue weighted by molar-refractivity contribution is 7.16. The van der Waals surface area contributed by atoms with Crippen molar-refractivity contribution in [2.45, 2.75) is 40.5 Å². The molecule has 146 valence electrons. The van der Waals surface area contributed by atoms with Crippen LogP contribution >= 0.6 is 22.9 Å². The van der Waals surface area contributed by atoms with Gasteiger partial charge in [0.1, 0.15) is 10.8 Å². The molecule has 0 aliphatic carbocycles. The Hall–Kier alpha value is -2.05. The van der Waals surface area contributed by atoms with Gasteiger partial charge in [0.25, 0.3) is 0 Å². The highest BCUT2D eigenvalue weighted by atomic mass is 35.5. The van der Waals surface area contributed by atoms with Crippen molar-refractivity contribution in [3.05, 3.63) is 44.8 Å². The zero-order chi connectivity index (χ0) is 20.0. The number of aryl methyl sites for hydroxylation is 2. The Balaban J connectivity index is 1.88. The largest absolute Gasteiger partial charge is 0.494 e. The molecule has 1 N–H and O–H groups in total. The molecular weight excluding hydrogens is 386 g/mol. The van der Waals surface area contributed by atoms with Crippen molar-refractivity contribution in [1.82, 2.24) is 0 Å². The maximum atomic E-state index is 12.2. The standard InChI is InChI=1S/C20H24ClNO4S/c1-5-25-20(24)18-13(3)14(4)27-19(18)22-17(23)7-6-10-26-15-8-9-16(21)12(2)11-15/h8-9,11H,5-7,10H2,1-4H3,(H,22,23). The van der Waals surface area contributed by atoms with E-state index in [1.165, 1.54) is 11.3 Å². The van der Waals surface area contributed by atoms with Gasteiger partial charge < -0.3 is 14.8 Å². The molecule has 0 aliphatic rings. The van der Waals surface area contributed by atoms with E-state index in [1.807, 2.05) is 26.8 Å². The fourth-order valence-electron chi connectivity index (χ4n) is 2.48. The summed E-state index contributed by atoms with van der Waals surface area (Å²) in [5.74, 6) is 0.167. The van der Waals surface area contributed by atoms with Crippen molar-refractivity contribution in [2.75, 3.05) is 18.5 Å². The lowest BCUT2D eigenvalue weighted by molar-refractivity contribution is -0.116. The number of nitrogens with one attached hydrogen (secondary N) is 1. The van der Waals surface area contributed by atoms with Gasteiger partial charge >= 0.3 is 5.97 Å². The molecule has 1 amide bonds. The maximum Gasteiger partial charge on any atom is 0.341 e. The molecule has 0 unspecified atom stereocenters. The van der Waals surface area contributed by atoms with Crippen LogP contribution in [0, 0.1) is 20.8 Å². The summed E-state index contributed by atoms with van der Waals surface area (Å²) in [6.07, 6.45) is 0.858. The van der Waals surface area contributed by atoms with Gasteiger partial charge in [-0.2, -0.15) is 0 Å². The molecule has 7 heteroatoms. The van der Waals surface area contributed by atoms with Gasteiger partial charge in [-0.1, -0.05) is 11.6 Å². The second-order valence-electron chi connectivity index (χ2n) is 6.12. The van der Waals surface area contributed by atoms with Gasteiger partial charge in [0.15, 0.2) is 0 Å². The van der Waals surface area contributed by atoms with Crippen molar-refractivity contribution >= 4 is 39.8 Å². The molecule has 0 bridgehead atoms. The monoisotopic (exact) mass is 409 g/mol. The third kappa shape index (κ3) is 5.71. The molecule has 0 atom stereocenters. The van der Waals surface area contributed by atoms with E-state index in [-0.39, 0.29) is 5.91 Å². The first-order chi connectivity index (χ1) is 12.8. The van der Waals surface area contributed by atoms with Crippen LogP contribution in [0.3, 0.4) is 0 Å². The van der Waals surface area contributed by atoms with Crippen LogP contribution < -0.4 is 10.1 Å². The van der Waals surface area contributed by atoms with Crippen molar-refractivity contribution in [3.8, 4) is 5.75 Å². The number of esters is 1. The van der Waals surface area contributed by atoms with E-state index < -0.39 is 5.97 Å².